The third-order valence-corrected chi connectivity index (χ3v) is 2.15. The van der Waals surface area contributed by atoms with Crippen LogP contribution in [0.3, 0.4) is 0 Å². The first kappa shape index (κ1) is 13.2. The molecule has 1 aromatic rings. The maximum absolute atomic E-state index is 12.3. The minimum atomic E-state index is -4.81. The van der Waals surface area contributed by atoms with Gasteiger partial charge < -0.3 is 0 Å². The SMILES string of the molecule is FC(F)(F)c1cc(C[S])cc(C(F)(F)F)c1. The molecule has 1 rings (SSSR count). The van der Waals surface area contributed by atoms with Gasteiger partial charge in [-0.1, -0.05) is 12.6 Å². The Hall–Kier alpha value is -0.850. The molecule has 7 heteroatoms. The highest BCUT2D eigenvalue weighted by atomic mass is 32.1. The average molecular weight is 259 g/mol. The number of halogens is 6. The minimum Gasteiger partial charge on any atom is -0.166 e. The summed E-state index contributed by atoms with van der Waals surface area (Å²) in [7, 11) is 0. The van der Waals surface area contributed by atoms with E-state index in [1.165, 1.54) is 0 Å². The van der Waals surface area contributed by atoms with Gasteiger partial charge in [0.1, 0.15) is 0 Å². The first-order valence-corrected chi connectivity index (χ1v) is 4.59. The maximum atomic E-state index is 12.3. The van der Waals surface area contributed by atoms with Crippen LogP contribution in [0.1, 0.15) is 16.7 Å². The Labute approximate surface area is 92.7 Å². The lowest BCUT2D eigenvalue weighted by atomic mass is 10.1. The quantitative estimate of drug-likeness (QED) is 0.655. The van der Waals surface area contributed by atoms with Gasteiger partial charge in [-0.2, -0.15) is 26.3 Å². The van der Waals surface area contributed by atoms with Crippen LogP contribution < -0.4 is 0 Å². The zero-order valence-corrected chi connectivity index (χ0v) is 8.43. The molecule has 0 aliphatic rings. The lowest BCUT2D eigenvalue weighted by Gasteiger charge is -2.13. The minimum absolute atomic E-state index is 0.0779. The highest BCUT2D eigenvalue weighted by molar-refractivity contribution is 7.79. The Morgan fingerprint density at radius 2 is 1.19 bits per heavy atom. The predicted octanol–water partition coefficient (Wildman–Crippen LogP) is 4.42. The molecule has 1 radical (unpaired) electrons. The van der Waals surface area contributed by atoms with Crippen LogP contribution in [0.25, 0.3) is 0 Å². The van der Waals surface area contributed by atoms with E-state index >= 15 is 0 Å². The highest BCUT2D eigenvalue weighted by Crippen LogP contribution is 2.36. The second-order valence-corrected chi connectivity index (χ2v) is 3.35. The summed E-state index contributed by atoms with van der Waals surface area (Å²) in [4.78, 5) is 0. The first-order valence-electron chi connectivity index (χ1n) is 4.01. The van der Waals surface area contributed by atoms with E-state index < -0.39 is 23.5 Å². The molecule has 0 aliphatic carbocycles. The molecule has 0 unspecified atom stereocenters. The Balaban J connectivity index is 3.33. The lowest BCUT2D eigenvalue weighted by Crippen LogP contribution is -2.11. The third-order valence-electron chi connectivity index (χ3n) is 1.81. The molecule has 0 saturated heterocycles. The molecule has 0 aromatic heterocycles. The van der Waals surface area contributed by atoms with Crippen molar-refractivity contribution in [1.29, 1.82) is 0 Å². The van der Waals surface area contributed by atoms with Crippen LogP contribution in [-0.4, -0.2) is 0 Å². The van der Waals surface area contributed by atoms with Gasteiger partial charge in [-0.25, -0.2) is 0 Å². The van der Waals surface area contributed by atoms with Crippen LogP contribution in [0.15, 0.2) is 18.2 Å². The van der Waals surface area contributed by atoms with Crippen molar-refractivity contribution in [2.24, 2.45) is 0 Å². The van der Waals surface area contributed by atoms with Crippen LogP contribution in [-0.2, 0) is 18.1 Å². The van der Waals surface area contributed by atoms with Crippen LogP contribution in [0, 0.1) is 0 Å². The number of benzene rings is 1. The van der Waals surface area contributed by atoms with Gasteiger partial charge in [0.25, 0.3) is 0 Å². The molecule has 0 aliphatic heterocycles. The highest BCUT2D eigenvalue weighted by Gasteiger charge is 2.36. The number of hydrogen-bond donors (Lipinski definition) is 0. The van der Waals surface area contributed by atoms with E-state index in [9.17, 15) is 26.3 Å². The molecule has 16 heavy (non-hydrogen) atoms. The predicted molar refractivity (Wildman–Crippen MR) is 47.7 cm³/mol. The summed E-state index contributed by atoms with van der Waals surface area (Å²) in [5.41, 5.74) is -2.83. The molecular weight excluding hydrogens is 254 g/mol. The first-order chi connectivity index (χ1) is 7.14. The van der Waals surface area contributed by atoms with Gasteiger partial charge in [0.2, 0.25) is 0 Å². The van der Waals surface area contributed by atoms with Crippen molar-refractivity contribution in [2.75, 3.05) is 0 Å². The molecule has 0 N–H and O–H groups in total. The molecule has 0 heterocycles. The Bertz CT molecular complexity index is 346. The van der Waals surface area contributed by atoms with Crippen LogP contribution in [0.5, 0.6) is 0 Å². The summed E-state index contributed by atoms with van der Waals surface area (Å²) < 4.78 is 73.6. The summed E-state index contributed by atoms with van der Waals surface area (Å²) in [6.45, 7) is 0. The van der Waals surface area contributed by atoms with Crippen molar-refractivity contribution >= 4 is 12.6 Å². The zero-order valence-electron chi connectivity index (χ0n) is 7.62. The van der Waals surface area contributed by atoms with E-state index in [-0.39, 0.29) is 17.4 Å². The average Bonchev–Trinajstić information content (AvgIpc) is 2.14. The van der Waals surface area contributed by atoms with Crippen LogP contribution in [0.2, 0.25) is 0 Å². The molecule has 0 nitrogen and oxygen atoms in total. The summed E-state index contributed by atoms with van der Waals surface area (Å²) in [6.07, 6.45) is -9.61. The van der Waals surface area contributed by atoms with E-state index in [0.717, 1.165) is 0 Å². The molecule has 0 bridgehead atoms. The molecule has 0 fully saturated rings. The van der Waals surface area contributed by atoms with Gasteiger partial charge in [-0.3, -0.25) is 0 Å². The summed E-state index contributed by atoms with van der Waals surface area (Å²) in [6, 6.07) is 1.33. The van der Waals surface area contributed by atoms with Crippen molar-refractivity contribution in [2.45, 2.75) is 18.1 Å². The van der Waals surface area contributed by atoms with Gasteiger partial charge in [0.05, 0.1) is 11.1 Å². The van der Waals surface area contributed by atoms with E-state index in [1.807, 2.05) is 0 Å². The van der Waals surface area contributed by atoms with E-state index in [4.69, 9.17) is 0 Å². The zero-order chi connectivity index (χ0) is 12.6. The van der Waals surface area contributed by atoms with Gasteiger partial charge in [0, 0.05) is 5.75 Å². The smallest absolute Gasteiger partial charge is 0.166 e. The second-order valence-electron chi connectivity index (χ2n) is 3.06. The van der Waals surface area contributed by atoms with Crippen LogP contribution >= 0.6 is 12.6 Å². The van der Waals surface area contributed by atoms with Crippen molar-refractivity contribution in [3.05, 3.63) is 34.9 Å². The molecule has 0 atom stereocenters. The standard InChI is InChI=1S/C9H5F6S/c10-8(11,12)6-1-5(4-16)2-7(3-6)9(13,14)15/h1-3H,4H2. The summed E-state index contributed by atoms with van der Waals surface area (Å²) >= 11 is 4.45. The van der Waals surface area contributed by atoms with E-state index in [1.54, 1.807) is 0 Å². The van der Waals surface area contributed by atoms with Gasteiger partial charge in [0.15, 0.2) is 0 Å². The molecule has 89 valence electrons. The monoisotopic (exact) mass is 259 g/mol. The lowest BCUT2D eigenvalue weighted by molar-refractivity contribution is -0.143. The van der Waals surface area contributed by atoms with Crippen molar-refractivity contribution in [3.63, 3.8) is 0 Å². The van der Waals surface area contributed by atoms with E-state index in [0.29, 0.717) is 12.1 Å². The molecule has 0 amide bonds. The van der Waals surface area contributed by atoms with Gasteiger partial charge >= 0.3 is 12.4 Å². The Morgan fingerprint density at radius 1 is 0.812 bits per heavy atom. The summed E-state index contributed by atoms with van der Waals surface area (Å²) in [5.74, 6) is -0.299. The largest absolute Gasteiger partial charge is 0.416 e. The third kappa shape index (κ3) is 3.07. The van der Waals surface area contributed by atoms with Crippen molar-refractivity contribution < 1.29 is 26.3 Å². The normalized spacial score (nSPS) is 12.9. The second kappa shape index (κ2) is 4.20. The molecule has 1 aromatic carbocycles. The van der Waals surface area contributed by atoms with Crippen LogP contribution in [0.4, 0.5) is 26.3 Å². The Kier molecular flexibility index (Phi) is 3.47. The summed E-state index contributed by atoms with van der Waals surface area (Å²) in [5, 5.41) is 0. The maximum Gasteiger partial charge on any atom is 0.416 e. The van der Waals surface area contributed by atoms with E-state index in [2.05, 4.69) is 12.6 Å². The fraction of sp³-hybridized carbons (Fsp3) is 0.333. The molecular formula is C9H5F6S. The fourth-order valence-electron chi connectivity index (χ4n) is 1.10. The van der Waals surface area contributed by atoms with Crippen molar-refractivity contribution in [3.8, 4) is 0 Å². The number of hydrogen-bond acceptors (Lipinski definition) is 0. The number of alkyl halides is 6. The topological polar surface area (TPSA) is 0 Å². The molecule has 0 saturated carbocycles. The van der Waals surface area contributed by atoms with Crippen molar-refractivity contribution in [1.82, 2.24) is 0 Å². The van der Waals surface area contributed by atoms with Gasteiger partial charge in [-0.05, 0) is 23.8 Å². The number of rotatable bonds is 1. The fourth-order valence-corrected chi connectivity index (χ4v) is 1.27. The van der Waals surface area contributed by atoms with Gasteiger partial charge in [-0.15, -0.1) is 0 Å². The Morgan fingerprint density at radius 3 is 1.44 bits per heavy atom. The molecule has 0 spiro atoms.